The third-order valence-electron chi connectivity index (χ3n) is 5.17. The van der Waals surface area contributed by atoms with Crippen LogP contribution in [0, 0.1) is 5.82 Å². The van der Waals surface area contributed by atoms with Crippen LogP contribution in [0.3, 0.4) is 0 Å². The lowest BCUT2D eigenvalue weighted by atomic mass is 10.1. The molecule has 9 heteroatoms. The van der Waals surface area contributed by atoms with Gasteiger partial charge in [0.25, 0.3) is 0 Å². The van der Waals surface area contributed by atoms with E-state index in [1.165, 1.54) is 11.6 Å². The van der Waals surface area contributed by atoms with Crippen molar-refractivity contribution in [3.63, 3.8) is 0 Å². The molecular formula is C20H31FIN7. The highest BCUT2D eigenvalue weighted by Gasteiger charge is 2.23. The molecule has 1 atom stereocenters. The van der Waals surface area contributed by atoms with Crippen molar-refractivity contribution in [1.82, 2.24) is 24.9 Å². The molecule has 0 spiro atoms. The summed E-state index contributed by atoms with van der Waals surface area (Å²) in [5.41, 5.74) is 1.84. The molecule has 2 heterocycles. The molecule has 29 heavy (non-hydrogen) atoms. The monoisotopic (exact) mass is 515 g/mol. The highest BCUT2D eigenvalue weighted by Crippen LogP contribution is 2.20. The van der Waals surface area contributed by atoms with Crippen molar-refractivity contribution in [2.24, 2.45) is 12.0 Å². The van der Waals surface area contributed by atoms with E-state index in [4.69, 9.17) is 0 Å². The molecule has 0 radical (unpaired) electrons. The van der Waals surface area contributed by atoms with Gasteiger partial charge in [-0.3, -0.25) is 9.67 Å². The summed E-state index contributed by atoms with van der Waals surface area (Å²) in [5, 5.41) is 7.79. The molecule has 1 aromatic heterocycles. The molecule has 1 aliphatic rings. The van der Waals surface area contributed by atoms with E-state index in [-0.39, 0.29) is 35.8 Å². The molecule has 7 nitrogen and oxygen atoms in total. The van der Waals surface area contributed by atoms with Crippen LogP contribution in [0.25, 0.3) is 0 Å². The first kappa shape index (κ1) is 23.4. The summed E-state index contributed by atoms with van der Waals surface area (Å²) in [7, 11) is 7.86. The molecule has 3 rings (SSSR count). The fourth-order valence-electron chi connectivity index (χ4n) is 3.60. The average Bonchev–Trinajstić information content (AvgIpc) is 3.11. The standard InChI is InChI=1S/C20H30FN7.HI/c1-22-20(23-14-19(25(2)3)16-13-24-26(4)15-16)28-11-9-27(10-12-28)18-8-6-5-7-17(18)21;/h5-8,13,15,19H,9-12,14H2,1-4H3,(H,22,23);1H. The number of nitrogens with one attached hydrogen (secondary N) is 1. The van der Waals surface area contributed by atoms with Gasteiger partial charge >= 0.3 is 0 Å². The molecule has 0 amide bonds. The Morgan fingerprint density at radius 3 is 2.48 bits per heavy atom. The van der Waals surface area contributed by atoms with E-state index in [2.05, 4.69) is 44.2 Å². The minimum Gasteiger partial charge on any atom is -0.366 e. The van der Waals surface area contributed by atoms with Gasteiger partial charge in [0.05, 0.1) is 17.9 Å². The maximum Gasteiger partial charge on any atom is 0.193 e. The zero-order valence-electron chi connectivity index (χ0n) is 17.5. The first-order chi connectivity index (χ1) is 13.5. The van der Waals surface area contributed by atoms with E-state index < -0.39 is 0 Å². The second-order valence-corrected chi connectivity index (χ2v) is 7.28. The molecule has 1 fully saturated rings. The van der Waals surface area contributed by atoms with Gasteiger partial charge in [-0.05, 0) is 26.2 Å². The van der Waals surface area contributed by atoms with Gasteiger partial charge in [-0.1, -0.05) is 12.1 Å². The summed E-state index contributed by atoms with van der Waals surface area (Å²) in [6.45, 7) is 3.86. The van der Waals surface area contributed by atoms with Crippen molar-refractivity contribution >= 4 is 35.6 Å². The van der Waals surface area contributed by atoms with Gasteiger partial charge in [0.1, 0.15) is 5.82 Å². The number of aromatic nitrogens is 2. The van der Waals surface area contributed by atoms with Crippen LogP contribution in [0.15, 0.2) is 41.7 Å². The highest BCUT2D eigenvalue weighted by molar-refractivity contribution is 14.0. The molecule has 0 aliphatic carbocycles. The fraction of sp³-hybridized carbons (Fsp3) is 0.500. The molecular weight excluding hydrogens is 484 g/mol. The van der Waals surface area contributed by atoms with E-state index >= 15 is 0 Å². The van der Waals surface area contributed by atoms with Gasteiger partial charge in [-0.25, -0.2) is 4.39 Å². The summed E-state index contributed by atoms with van der Waals surface area (Å²) in [5.74, 6) is 0.715. The van der Waals surface area contributed by atoms with E-state index in [0.717, 1.165) is 38.7 Å². The molecule has 1 aromatic carbocycles. The van der Waals surface area contributed by atoms with E-state index in [9.17, 15) is 4.39 Å². The number of nitrogens with zero attached hydrogens (tertiary/aromatic N) is 6. The number of piperazine rings is 1. The maximum atomic E-state index is 14.0. The predicted molar refractivity (Wildman–Crippen MR) is 127 cm³/mol. The number of guanidine groups is 1. The van der Waals surface area contributed by atoms with Crippen LogP contribution < -0.4 is 10.2 Å². The fourth-order valence-corrected chi connectivity index (χ4v) is 3.60. The molecule has 1 N–H and O–H groups in total. The number of aliphatic imine (C=N–C) groups is 1. The summed E-state index contributed by atoms with van der Waals surface area (Å²) < 4.78 is 15.9. The van der Waals surface area contributed by atoms with Crippen molar-refractivity contribution in [1.29, 1.82) is 0 Å². The maximum absolute atomic E-state index is 14.0. The van der Waals surface area contributed by atoms with Gasteiger partial charge in [-0.2, -0.15) is 5.10 Å². The Kier molecular flexibility index (Phi) is 8.69. The smallest absolute Gasteiger partial charge is 0.193 e. The van der Waals surface area contributed by atoms with Crippen molar-refractivity contribution in [3.8, 4) is 0 Å². The molecule has 0 bridgehead atoms. The molecule has 1 unspecified atom stereocenters. The third-order valence-corrected chi connectivity index (χ3v) is 5.17. The van der Waals surface area contributed by atoms with Crippen LogP contribution in [0.2, 0.25) is 0 Å². The molecule has 160 valence electrons. The Balaban J connectivity index is 0.00000300. The van der Waals surface area contributed by atoms with Gasteiger partial charge in [0.15, 0.2) is 5.96 Å². The van der Waals surface area contributed by atoms with Gasteiger partial charge in [0.2, 0.25) is 0 Å². The first-order valence-corrected chi connectivity index (χ1v) is 9.59. The van der Waals surface area contributed by atoms with E-state index in [1.54, 1.807) is 13.1 Å². The zero-order chi connectivity index (χ0) is 20.1. The van der Waals surface area contributed by atoms with Crippen LogP contribution in [-0.4, -0.2) is 79.4 Å². The SMILES string of the molecule is CN=C(NCC(c1cnn(C)c1)N(C)C)N1CCN(c2ccccc2F)CC1.I. The van der Waals surface area contributed by atoms with Crippen molar-refractivity contribution in [2.45, 2.75) is 6.04 Å². The third kappa shape index (κ3) is 5.81. The minimum absolute atomic E-state index is 0. The number of benzene rings is 1. The summed E-state index contributed by atoms with van der Waals surface area (Å²) in [4.78, 5) is 11.0. The summed E-state index contributed by atoms with van der Waals surface area (Å²) in [6.07, 6.45) is 3.95. The van der Waals surface area contributed by atoms with Crippen LogP contribution in [-0.2, 0) is 7.05 Å². The van der Waals surface area contributed by atoms with E-state index in [1.807, 2.05) is 36.3 Å². The Bertz CT molecular complexity index is 800. The first-order valence-electron chi connectivity index (χ1n) is 9.59. The number of halogens is 2. The van der Waals surface area contributed by atoms with Crippen LogP contribution in [0.1, 0.15) is 11.6 Å². The number of hydrogen-bond acceptors (Lipinski definition) is 4. The summed E-state index contributed by atoms with van der Waals surface area (Å²) >= 11 is 0. The minimum atomic E-state index is -0.163. The Labute approximate surface area is 189 Å². The molecule has 1 saturated heterocycles. The molecule has 0 saturated carbocycles. The lowest BCUT2D eigenvalue weighted by molar-refractivity contribution is 0.292. The number of likely N-dealkylation sites (N-methyl/N-ethyl adjacent to an activating group) is 1. The quantitative estimate of drug-likeness (QED) is 0.376. The normalized spacial score (nSPS) is 16.0. The number of rotatable bonds is 5. The number of anilines is 1. The van der Waals surface area contributed by atoms with Crippen molar-refractivity contribution in [3.05, 3.63) is 48.0 Å². The van der Waals surface area contributed by atoms with E-state index in [0.29, 0.717) is 5.69 Å². The predicted octanol–water partition coefficient (Wildman–Crippen LogP) is 2.18. The summed E-state index contributed by atoms with van der Waals surface area (Å²) in [6, 6.07) is 7.16. The van der Waals surface area contributed by atoms with Crippen LogP contribution in [0.5, 0.6) is 0 Å². The molecule has 1 aliphatic heterocycles. The number of para-hydroxylation sites is 1. The zero-order valence-corrected chi connectivity index (χ0v) is 19.9. The van der Waals surface area contributed by atoms with Gasteiger partial charge in [0, 0.05) is 58.6 Å². The topological polar surface area (TPSA) is 51.9 Å². The second kappa shape index (κ2) is 10.8. The highest BCUT2D eigenvalue weighted by atomic mass is 127. The van der Waals surface area contributed by atoms with Gasteiger partial charge < -0.3 is 20.0 Å². The molecule has 2 aromatic rings. The van der Waals surface area contributed by atoms with Crippen molar-refractivity contribution in [2.75, 3.05) is 58.8 Å². The van der Waals surface area contributed by atoms with Crippen LogP contribution in [0.4, 0.5) is 10.1 Å². The number of aryl methyl sites for hydroxylation is 1. The Hall–Kier alpha value is -1.88. The lowest BCUT2D eigenvalue weighted by Gasteiger charge is -2.38. The second-order valence-electron chi connectivity index (χ2n) is 7.28. The lowest BCUT2D eigenvalue weighted by Crippen LogP contribution is -2.53. The van der Waals surface area contributed by atoms with Crippen LogP contribution >= 0.6 is 24.0 Å². The Morgan fingerprint density at radius 1 is 1.24 bits per heavy atom. The number of hydrogen-bond donors (Lipinski definition) is 1. The van der Waals surface area contributed by atoms with Gasteiger partial charge in [-0.15, -0.1) is 24.0 Å². The largest absolute Gasteiger partial charge is 0.366 e. The average molecular weight is 515 g/mol. The van der Waals surface area contributed by atoms with Crippen molar-refractivity contribution < 1.29 is 4.39 Å². The Morgan fingerprint density at radius 2 is 1.93 bits per heavy atom.